The van der Waals surface area contributed by atoms with Gasteiger partial charge in [0, 0.05) is 17.5 Å². The molecule has 90 valence electrons. The summed E-state index contributed by atoms with van der Waals surface area (Å²) in [7, 11) is 0. The van der Waals surface area contributed by atoms with Crippen molar-refractivity contribution in [3.63, 3.8) is 0 Å². The molecule has 0 saturated carbocycles. The normalized spacial score (nSPS) is 25.8. The maximum Gasteiger partial charge on any atom is 0.0590 e. The van der Waals surface area contributed by atoms with Crippen molar-refractivity contribution in [1.82, 2.24) is 4.90 Å². The molecule has 0 aliphatic carbocycles. The van der Waals surface area contributed by atoms with E-state index in [0.29, 0.717) is 6.04 Å². The fourth-order valence-corrected chi connectivity index (χ4v) is 3.65. The minimum Gasteiger partial charge on any atom is -0.326 e. The van der Waals surface area contributed by atoms with Crippen LogP contribution < -0.4 is 5.73 Å². The Morgan fingerprint density at radius 2 is 2.44 bits per heavy atom. The van der Waals surface area contributed by atoms with E-state index in [2.05, 4.69) is 36.3 Å². The molecule has 0 amide bonds. The van der Waals surface area contributed by atoms with Crippen LogP contribution in [0.2, 0.25) is 0 Å². The van der Waals surface area contributed by atoms with Gasteiger partial charge in [-0.2, -0.15) is 0 Å². The molecular weight excluding hydrogens is 216 g/mol. The number of thiophene rings is 1. The van der Waals surface area contributed by atoms with Gasteiger partial charge in [-0.15, -0.1) is 11.3 Å². The van der Waals surface area contributed by atoms with E-state index in [1.54, 1.807) is 0 Å². The van der Waals surface area contributed by atoms with Crippen LogP contribution in [0.15, 0.2) is 17.5 Å². The Morgan fingerprint density at radius 1 is 1.62 bits per heavy atom. The molecule has 16 heavy (non-hydrogen) atoms. The molecule has 1 saturated heterocycles. The molecule has 3 unspecified atom stereocenters. The van der Waals surface area contributed by atoms with Gasteiger partial charge in [0.05, 0.1) is 6.04 Å². The molecule has 0 bridgehead atoms. The summed E-state index contributed by atoms with van der Waals surface area (Å²) in [6.07, 6.45) is 2.64. The molecule has 0 spiro atoms. The molecule has 1 aromatic heterocycles. The van der Waals surface area contributed by atoms with Crippen molar-refractivity contribution in [2.24, 2.45) is 11.7 Å². The van der Waals surface area contributed by atoms with Crippen molar-refractivity contribution in [3.8, 4) is 0 Å². The predicted octanol–water partition coefficient (Wildman–Crippen LogP) is 2.87. The number of hydrogen-bond acceptors (Lipinski definition) is 3. The predicted molar refractivity (Wildman–Crippen MR) is 70.7 cm³/mol. The SMILES string of the molecule is CCC1CCN(C(c2cccs2)C(C)N)C1. The van der Waals surface area contributed by atoms with Crippen molar-refractivity contribution in [1.29, 1.82) is 0 Å². The van der Waals surface area contributed by atoms with Crippen LogP contribution in [-0.2, 0) is 0 Å². The highest BCUT2D eigenvalue weighted by Gasteiger charge is 2.30. The van der Waals surface area contributed by atoms with Crippen LogP contribution in [-0.4, -0.2) is 24.0 Å². The summed E-state index contributed by atoms with van der Waals surface area (Å²) in [5.41, 5.74) is 6.16. The molecule has 2 N–H and O–H groups in total. The van der Waals surface area contributed by atoms with Crippen molar-refractivity contribution in [2.75, 3.05) is 13.1 Å². The lowest BCUT2D eigenvalue weighted by atomic mass is 10.1. The van der Waals surface area contributed by atoms with E-state index >= 15 is 0 Å². The second-order valence-corrected chi connectivity index (χ2v) is 5.86. The van der Waals surface area contributed by atoms with Crippen molar-refractivity contribution in [2.45, 2.75) is 38.8 Å². The third-order valence-electron chi connectivity index (χ3n) is 3.62. The highest BCUT2D eigenvalue weighted by molar-refractivity contribution is 7.10. The van der Waals surface area contributed by atoms with E-state index in [9.17, 15) is 0 Å². The largest absolute Gasteiger partial charge is 0.326 e. The van der Waals surface area contributed by atoms with Gasteiger partial charge in [-0.05, 0) is 37.3 Å². The fourth-order valence-electron chi connectivity index (χ4n) is 2.68. The zero-order valence-corrected chi connectivity index (χ0v) is 11.0. The minimum atomic E-state index is 0.217. The summed E-state index contributed by atoms with van der Waals surface area (Å²) in [5.74, 6) is 0.876. The van der Waals surface area contributed by atoms with Gasteiger partial charge >= 0.3 is 0 Å². The first-order chi connectivity index (χ1) is 7.72. The molecule has 2 rings (SSSR count). The van der Waals surface area contributed by atoms with E-state index in [1.165, 1.54) is 30.8 Å². The summed E-state index contributed by atoms with van der Waals surface area (Å²) >= 11 is 1.83. The third-order valence-corrected chi connectivity index (χ3v) is 4.56. The molecule has 3 heteroatoms. The number of likely N-dealkylation sites (tertiary alicyclic amines) is 1. The molecule has 2 nitrogen and oxygen atoms in total. The molecule has 1 aliphatic heterocycles. The van der Waals surface area contributed by atoms with E-state index in [4.69, 9.17) is 5.73 Å². The Bertz CT molecular complexity index is 308. The maximum absolute atomic E-state index is 6.16. The Hall–Kier alpha value is -0.380. The zero-order chi connectivity index (χ0) is 11.5. The first-order valence-electron chi connectivity index (χ1n) is 6.25. The lowest BCUT2D eigenvalue weighted by Gasteiger charge is -2.30. The lowest BCUT2D eigenvalue weighted by Crippen LogP contribution is -2.37. The summed E-state index contributed by atoms with van der Waals surface area (Å²) < 4.78 is 0. The third kappa shape index (κ3) is 2.47. The van der Waals surface area contributed by atoms with Crippen molar-refractivity contribution >= 4 is 11.3 Å². The van der Waals surface area contributed by atoms with Gasteiger partial charge in [-0.1, -0.05) is 19.4 Å². The molecule has 0 aromatic carbocycles. The summed E-state index contributed by atoms with van der Waals surface area (Å²) in [5, 5.41) is 2.15. The van der Waals surface area contributed by atoms with Crippen LogP contribution in [0.25, 0.3) is 0 Å². The monoisotopic (exact) mass is 238 g/mol. The van der Waals surface area contributed by atoms with Gasteiger partial charge in [0.25, 0.3) is 0 Å². The van der Waals surface area contributed by atoms with Crippen LogP contribution in [0.1, 0.15) is 37.6 Å². The zero-order valence-electron chi connectivity index (χ0n) is 10.2. The smallest absolute Gasteiger partial charge is 0.0590 e. The van der Waals surface area contributed by atoms with Crippen LogP contribution in [0, 0.1) is 5.92 Å². The van der Waals surface area contributed by atoms with Crippen molar-refractivity contribution < 1.29 is 0 Å². The van der Waals surface area contributed by atoms with Gasteiger partial charge in [-0.25, -0.2) is 0 Å². The summed E-state index contributed by atoms with van der Waals surface area (Å²) in [6.45, 7) is 6.85. The Balaban J connectivity index is 2.09. The second kappa shape index (κ2) is 5.30. The molecule has 3 atom stereocenters. The van der Waals surface area contributed by atoms with Gasteiger partial charge < -0.3 is 5.73 Å². The minimum absolute atomic E-state index is 0.217. The average Bonchev–Trinajstić information content (AvgIpc) is 2.88. The molecular formula is C13H22N2S. The molecule has 1 aliphatic rings. The Labute approximate surface area is 102 Å². The average molecular weight is 238 g/mol. The van der Waals surface area contributed by atoms with Crippen molar-refractivity contribution in [3.05, 3.63) is 22.4 Å². The van der Waals surface area contributed by atoms with Crippen LogP contribution >= 0.6 is 11.3 Å². The number of rotatable bonds is 4. The molecule has 1 aromatic rings. The molecule has 0 radical (unpaired) electrons. The van der Waals surface area contributed by atoms with Gasteiger partial charge in [0.2, 0.25) is 0 Å². The highest BCUT2D eigenvalue weighted by Crippen LogP contribution is 2.32. The quantitative estimate of drug-likeness (QED) is 0.874. The van der Waals surface area contributed by atoms with Crippen LogP contribution in [0.5, 0.6) is 0 Å². The van der Waals surface area contributed by atoms with Crippen LogP contribution in [0.4, 0.5) is 0 Å². The van der Waals surface area contributed by atoms with Gasteiger partial charge in [0.1, 0.15) is 0 Å². The van der Waals surface area contributed by atoms with Gasteiger partial charge in [0.15, 0.2) is 0 Å². The van der Waals surface area contributed by atoms with Gasteiger partial charge in [-0.3, -0.25) is 4.90 Å². The van der Waals surface area contributed by atoms with E-state index in [1.807, 2.05) is 11.3 Å². The van der Waals surface area contributed by atoms with Crippen LogP contribution in [0.3, 0.4) is 0 Å². The second-order valence-electron chi connectivity index (χ2n) is 4.88. The maximum atomic E-state index is 6.16. The fraction of sp³-hybridized carbons (Fsp3) is 0.692. The Morgan fingerprint density at radius 3 is 2.94 bits per heavy atom. The summed E-state index contributed by atoms with van der Waals surface area (Å²) in [4.78, 5) is 4.00. The van der Waals surface area contributed by atoms with E-state index in [0.717, 1.165) is 5.92 Å². The lowest BCUT2D eigenvalue weighted by molar-refractivity contribution is 0.214. The highest BCUT2D eigenvalue weighted by atomic mass is 32.1. The number of nitrogens with zero attached hydrogens (tertiary/aromatic N) is 1. The Kier molecular flexibility index (Phi) is 4.00. The first kappa shape index (κ1) is 12.1. The van der Waals surface area contributed by atoms with E-state index in [-0.39, 0.29) is 6.04 Å². The standard InChI is InChI=1S/C13H22N2S/c1-3-11-6-7-15(9-11)13(10(2)14)12-5-4-8-16-12/h4-5,8,10-11,13H,3,6-7,9,14H2,1-2H3. The summed E-state index contributed by atoms with van der Waals surface area (Å²) in [6, 6.07) is 4.99. The molecule has 1 fully saturated rings. The van der Waals surface area contributed by atoms with E-state index < -0.39 is 0 Å². The molecule has 2 heterocycles. The topological polar surface area (TPSA) is 29.3 Å². The first-order valence-corrected chi connectivity index (χ1v) is 7.13. The number of nitrogens with two attached hydrogens (primary N) is 1. The number of hydrogen-bond donors (Lipinski definition) is 1.